The second-order valence-corrected chi connectivity index (χ2v) is 4.39. The summed E-state index contributed by atoms with van der Waals surface area (Å²) in [5.41, 5.74) is 5.64. The Morgan fingerprint density at radius 1 is 1.47 bits per heavy atom. The standard InChI is InChI=1S/C10H16ClN5S/c1-4-16(5-2)10-13-7(11)6-8(15-10)14-9(12)17-3/h6H,4-5H2,1-3H3,(H2,12,13,14,15). The number of aromatic nitrogens is 2. The molecule has 0 aliphatic heterocycles. The van der Waals surface area contributed by atoms with Crippen LogP contribution < -0.4 is 10.6 Å². The number of hydrogen-bond acceptors (Lipinski definition) is 5. The van der Waals surface area contributed by atoms with Crippen LogP contribution in [-0.4, -0.2) is 34.5 Å². The molecule has 0 bridgehead atoms. The number of thioether (sulfide) groups is 1. The molecule has 0 atom stereocenters. The zero-order chi connectivity index (χ0) is 12.8. The van der Waals surface area contributed by atoms with Gasteiger partial charge in [-0.15, -0.1) is 0 Å². The van der Waals surface area contributed by atoms with Crippen molar-refractivity contribution in [3.05, 3.63) is 11.2 Å². The van der Waals surface area contributed by atoms with Crippen LogP contribution in [0.1, 0.15) is 13.8 Å². The Morgan fingerprint density at radius 3 is 2.65 bits per heavy atom. The summed E-state index contributed by atoms with van der Waals surface area (Å²) < 4.78 is 0. The van der Waals surface area contributed by atoms with Crippen LogP contribution in [0.4, 0.5) is 11.8 Å². The van der Waals surface area contributed by atoms with Crippen LogP contribution in [0, 0.1) is 0 Å². The molecule has 1 rings (SSSR count). The summed E-state index contributed by atoms with van der Waals surface area (Å²) in [6.07, 6.45) is 1.85. The molecule has 0 unspecified atom stereocenters. The lowest BCUT2D eigenvalue weighted by Crippen LogP contribution is -2.24. The number of anilines is 1. The molecule has 1 aromatic heterocycles. The number of hydrogen-bond donors (Lipinski definition) is 1. The summed E-state index contributed by atoms with van der Waals surface area (Å²) in [6.45, 7) is 5.70. The summed E-state index contributed by atoms with van der Waals surface area (Å²) in [4.78, 5) is 14.6. The molecule has 0 saturated carbocycles. The molecule has 0 aliphatic carbocycles. The fourth-order valence-electron chi connectivity index (χ4n) is 1.26. The average molecular weight is 274 g/mol. The van der Waals surface area contributed by atoms with E-state index in [1.54, 1.807) is 6.07 Å². The SMILES string of the molecule is CCN(CC)c1nc(Cl)cc(/N=C(/N)SC)n1. The predicted molar refractivity (Wildman–Crippen MR) is 75.4 cm³/mol. The minimum Gasteiger partial charge on any atom is -0.378 e. The maximum absolute atomic E-state index is 5.94. The first kappa shape index (κ1) is 14.1. The average Bonchev–Trinajstić information content (AvgIpc) is 2.29. The van der Waals surface area contributed by atoms with Gasteiger partial charge in [0.05, 0.1) is 0 Å². The van der Waals surface area contributed by atoms with Gasteiger partial charge in [0.25, 0.3) is 0 Å². The number of rotatable bonds is 4. The van der Waals surface area contributed by atoms with Gasteiger partial charge in [0.1, 0.15) is 5.15 Å². The van der Waals surface area contributed by atoms with E-state index in [0.29, 0.717) is 22.1 Å². The van der Waals surface area contributed by atoms with Crippen molar-refractivity contribution in [1.29, 1.82) is 0 Å². The van der Waals surface area contributed by atoms with Gasteiger partial charge < -0.3 is 10.6 Å². The largest absolute Gasteiger partial charge is 0.378 e. The molecule has 5 nitrogen and oxygen atoms in total. The Labute approximate surface area is 110 Å². The zero-order valence-electron chi connectivity index (χ0n) is 10.1. The van der Waals surface area contributed by atoms with Gasteiger partial charge in [0, 0.05) is 19.2 Å². The first-order valence-electron chi connectivity index (χ1n) is 5.28. The van der Waals surface area contributed by atoms with E-state index in [0.717, 1.165) is 13.1 Å². The minimum absolute atomic E-state index is 0.370. The van der Waals surface area contributed by atoms with Gasteiger partial charge in [0.15, 0.2) is 11.0 Å². The van der Waals surface area contributed by atoms with Gasteiger partial charge in [-0.05, 0) is 20.1 Å². The lowest BCUT2D eigenvalue weighted by atomic mass is 10.5. The van der Waals surface area contributed by atoms with E-state index in [-0.39, 0.29) is 0 Å². The van der Waals surface area contributed by atoms with Crippen LogP contribution in [-0.2, 0) is 0 Å². The number of amidine groups is 1. The summed E-state index contributed by atoms with van der Waals surface area (Å²) in [5.74, 6) is 1.06. The molecule has 7 heteroatoms. The van der Waals surface area contributed by atoms with Gasteiger partial charge in [-0.2, -0.15) is 4.98 Å². The van der Waals surface area contributed by atoms with Gasteiger partial charge in [-0.25, -0.2) is 9.98 Å². The predicted octanol–water partition coefficient (Wildman–Crippen LogP) is 2.29. The number of aliphatic imine (C=N–C) groups is 1. The van der Waals surface area contributed by atoms with E-state index in [1.165, 1.54) is 11.8 Å². The van der Waals surface area contributed by atoms with Crippen molar-refractivity contribution in [2.75, 3.05) is 24.2 Å². The first-order valence-corrected chi connectivity index (χ1v) is 6.88. The maximum atomic E-state index is 5.94. The lowest BCUT2D eigenvalue weighted by Gasteiger charge is -2.18. The maximum Gasteiger partial charge on any atom is 0.228 e. The molecule has 0 radical (unpaired) electrons. The van der Waals surface area contributed by atoms with E-state index in [9.17, 15) is 0 Å². The normalized spacial score (nSPS) is 11.6. The second kappa shape index (κ2) is 6.66. The smallest absolute Gasteiger partial charge is 0.228 e. The summed E-state index contributed by atoms with van der Waals surface area (Å²) in [5, 5.41) is 0.819. The highest BCUT2D eigenvalue weighted by atomic mass is 35.5. The molecule has 17 heavy (non-hydrogen) atoms. The summed E-state index contributed by atoms with van der Waals surface area (Å²) >= 11 is 7.30. The molecule has 94 valence electrons. The molecular weight excluding hydrogens is 258 g/mol. The highest BCUT2D eigenvalue weighted by Crippen LogP contribution is 2.19. The molecule has 1 aromatic rings. The topological polar surface area (TPSA) is 67.4 Å². The van der Waals surface area contributed by atoms with E-state index < -0.39 is 0 Å². The number of nitrogens with two attached hydrogens (primary N) is 1. The van der Waals surface area contributed by atoms with Crippen molar-refractivity contribution in [3.8, 4) is 0 Å². The third kappa shape index (κ3) is 4.05. The van der Waals surface area contributed by atoms with Crippen LogP contribution >= 0.6 is 23.4 Å². The quantitative estimate of drug-likeness (QED) is 0.518. The lowest BCUT2D eigenvalue weighted by molar-refractivity contribution is 0.821. The highest BCUT2D eigenvalue weighted by Gasteiger charge is 2.08. The van der Waals surface area contributed by atoms with Crippen molar-refractivity contribution in [2.24, 2.45) is 10.7 Å². The number of nitrogens with zero attached hydrogens (tertiary/aromatic N) is 4. The molecular formula is C10H16ClN5S. The molecule has 0 saturated heterocycles. The fourth-order valence-corrected chi connectivity index (χ4v) is 1.62. The van der Waals surface area contributed by atoms with E-state index in [4.69, 9.17) is 17.3 Å². The monoisotopic (exact) mass is 273 g/mol. The van der Waals surface area contributed by atoms with Crippen LogP contribution in [0.15, 0.2) is 11.1 Å². The molecule has 2 N–H and O–H groups in total. The van der Waals surface area contributed by atoms with Crippen molar-refractivity contribution in [2.45, 2.75) is 13.8 Å². The molecule has 0 amide bonds. The van der Waals surface area contributed by atoms with Gasteiger partial charge in [0.2, 0.25) is 5.95 Å². The Balaban J connectivity index is 3.10. The molecule has 0 fully saturated rings. The Bertz CT molecular complexity index is 406. The van der Waals surface area contributed by atoms with E-state index in [2.05, 4.69) is 15.0 Å². The summed E-state index contributed by atoms with van der Waals surface area (Å²) in [7, 11) is 0. The van der Waals surface area contributed by atoms with Gasteiger partial charge in [-0.3, -0.25) is 0 Å². The van der Waals surface area contributed by atoms with E-state index in [1.807, 2.05) is 25.0 Å². The second-order valence-electron chi connectivity index (χ2n) is 3.18. The van der Waals surface area contributed by atoms with E-state index >= 15 is 0 Å². The van der Waals surface area contributed by atoms with Crippen molar-refractivity contribution in [3.63, 3.8) is 0 Å². The van der Waals surface area contributed by atoms with Gasteiger partial charge >= 0.3 is 0 Å². The Morgan fingerprint density at radius 2 is 2.12 bits per heavy atom. The Kier molecular flexibility index (Phi) is 5.50. The fraction of sp³-hybridized carbons (Fsp3) is 0.500. The minimum atomic E-state index is 0.370. The molecule has 0 aromatic carbocycles. The van der Waals surface area contributed by atoms with Crippen LogP contribution in [0.3, 0.4) is 0 Å². The molecule has 0 spiro atoms. The van der Waals surface area contributed by atoms with Crippen LogP contribution in [0.25, 0.3) is 0 Å². The molecule has 1 heterocycles. The highest BCUT2D eigenvalue weighted by molar-refractivity contribution is 8.13. The first-order chi connectivity index (χ1) is 8.10. The number of halogens is 1. The van der Waals surface area contributed by atoms with Crippen LogP contribution in [0.2, 0.25) is 5.15 Å². The Hall–Kier alpha value is -1.01. The van der Waals surface area contributed by atoms with Crippen molar-refractivity contribution >= 4 is 40.3 Å². The molecule has 0 aliphatic rings. The van der Waals surface area contributed by atoms with Crippen molar-refractivity contribution in [1.82, 2.24) is 9.97 Å². The van der Waals surface area contributed by atoms with Crippen LogP contribution in [0.5, 0.6) is 0 Å². The zero-order valence-corrected chi connectivity index (χ0v) is 11.7. The third-order valence-electron chi connectivity index (χ3n) is 2.15. The van der Waals surface area contributed by atoms with Gasteiger partial charge in [-0.1, -0.05) is 23.4 Å². The summed E-state index contributed by atoms with van der Waals surface area (Å²) in [6, 6.07) is 1.59. The van der Waals surface area contributed by atoms with Crippen molar-refractivity contribution < 1.29 is 0 Å². The third-order valence-corrected chi connectivity index (χ3v) is 2.85.